The Balaban J connectivity index is 3.75. The molecule has 0 heterocycles. The number of unbranched alkanes of at least 4 members (excludes halogenated alkanes) is 1. The van der Waals surface area contributed by atoms with Crippen LogP contribution in [0.3, 0.4) is 0 Å². The average Bonchev–Trinajstić information content (AvgIpc) is 2.11. The molecule has 0 aromatic heterocycles. The van der Waals surface area contributed by atoms with Crippen molar-refractivity contribution >= 4 is 5.78 Å². The average molecular weight is 186 g/mol. The van der Waals surface area contributed by atoms with E-state index >= 15 is 0 Å². The normalized spacial score (nSPS) is 15.4. The molecule has 0 aromatic rings. The van der Waals surface area contributed by atoms with Gasteiger partial charge in [-0.25, -0.2) is 0 Å². The van der Waals surface area contributed by atoms with Gasteiger partial charge in [-0.3, -0.25) is 4.79 Å². The summed E-state index contributed by atoms with van der Waals surface area (Å²) in [4.78, 5) is 10.8. The SMILES string of the molecule is CCCCC(CC)CC(O)C(C)=O. The third kappa shape index (κ3) is 5.81. The second kappa shape index (κ2) is 7.07. The fourth-order valence-electron chi connectivity index (χ4n) is 1.46. The molecular formula is C11H22O2. The molecule has 2 heteroatoms. The molecular weight excluding hydrogens is 164 g/mol. The molecule has 2 nitrogen and oxygen atoms in total. The highest BCUT2D eigenvalue weighted by Crippen LogP contribution is 2.18. The van der Waals surface area contributed by atoms with Crippen LogP contribution in [0.2, 0.25) is 0 Å². The number of hydrogen-bond acceptors (Lipinski definition) is 2. The third-order valence-electron chi connectivity index (χ3n) is 2.57. The monoisotopic (exact) mass is 186 g/mol. The van der Waals surface area contributed by atoms with Gasteiger partial charge in [-0.2, -0.15) is 0 Å². The molecule has 0 spiro atoms. The van der Waals surface area contributed by atoms with Gasteiger partial charge in [0.15, 0.2) is 5.78 Å². The maximum absolute atomic E-state index is 10.8. The van der Waals surface area contributed by atoms with E-state index in [1.54, 1.807) is 0 Å². The second-order valence-corrected chi connectivity index (χ2v) is 3.78. The predicted molar refractivity (Wildman–Crippen MR) is 54.6 cm³/mol. The highest BCUT2D eigenvalue weighted by atomic mass is 16.3. The van der Waals surface area contributed by atoms with Crippen LogP contribution in [0.1, 0.15) is 52.9 Å². The quantitative estimate of drug-likeness (QED) is 0.663. The summed E-state index contributed by atoms with van der Waals surface area (Å²) in [5.41, 5.74) is 0. The van der Waals surface area contributed by atoms with Crippen molar-refractivity contribution in [3.05, 3.63) is 0 Å². The van der Waals surface area contributed by atoms with E-state index in [1.165, 1.54) is 19.8 Å². The van der Waals surface area contributed by atoms with Crippen molar-refractivity contribution in [2.24, 2.45) is 5.92 Å². The van der Waals surface area contributed by atoms with Crippen LogP contribution in [0.5, 0.6) is 0 Å². The second-order valence-electron chi connectivity index (χ2n) is 3.78. The number of aliphatic hydroxyl groups is 1. The molecule has 0 bridgehead atoms. The van der Waals surface area contributed by atoms with Gasteiger partial charge in [-0.15, -0.1) is 0 Å². The van der Waals surface area contributed by atoms with Gasteiger partial charge < -0.3 is 5.11 Å². The Bertz CT molecular complexity index is 143. The topological polar surface area (TPSA) is 37.3 Å². The summed E-state index contributed by atoms with van der Waals surface area (Å²) in [5, 5.41) is 9.38. The molecule has 0 saturated carbocycles. The van der Waals surface area contributed by atoms with Crippen molar-refractivity contribution in [3.63, 3.8) is 0 Å². The van der Waals surface area contributed by atoms with Crippen molar-refractivity contribution in [1.29, 1.82) is 0 Å². The van der Waals surface area contributed by atoms with E-state index in [1.807, 2.05) is 0 Å². The van der Waals surface area contributed by atoms with E-state index in [9.17, 15) is 9.90 Å². The summed E-state index contributed by atoms with van der Waals surface area (Å²) < 4.78 is 0. The van der Waals surface area contributed by atoms with Crippen LogP contribution in [0.4, 0.5) is 0 Å². The summed E-state index contributed by atoms with van der Waals surface area (Å²) in [6, 6.07) is 0. The first-order chi connectivity index (χ1) is 6.11. The van der Waals surface area contributed by atoms with E-state index < -0.39 is 6.10 Å². The number of rotatable bonds is 7. The molecule has 13 heavy (non-hydrogen) atoms. The summed E-state index contributed by atoms with van der Waals surface area (Å²) in [6.07, 6.45) is 4.49. The van der Waals surface area contributed by atoms with Gasteiger partial charge in [0.25, 0.3) is 0 Å². The summed E-state index contributed by atoms with van der Waals surface area (Å²) >= 11 is 0. The smallest absolute Gasteiger partial charge is 0.158 e. The Morgan fingerprint density at radius 1 is 1.38 bits per heavy atom. The van der Waals surface area contributed by atoms with Crippen LogP contribution >= 0.6 is 0 Å². The number of carbonyl (C=O) groups is 1. The van der Waals surface area contributed by atoms with Crippen LogP contribution < -0.4 is 0 Å². The van der Waals surface area contributed by atoms with E-state index in [2.05, 4.69) is 13.8 Å². The number of hydrogen-bond donors (Lipinski definition) is 1. The van der Waals surface area contributed by atoms with Gasteiger partial charge in [0.2, 0.25) is 0 Å². The van der Waals surface area contributed by atoms with Crippen molar-refractivity contribution in [1.82, 2.24) is 0 Å². The van der Waals surface area contributed by atoms with Crippen molar-refractivity contribution in [2.45, 2.75) is 59.0 Å². The Kier molecular flexibility index (Phi) is 6.87. The lowest BCUT2D eigenvalue weighted by Crippen LogP contribution is -2.20. The Morgan fingerprint density at radius 3 is 2.38 bits per heavy atom. The van der Waals surface area contributed by atoms with E-state index in [4.69, 9.17) is 0 Å². The zero-order chi connectivity index (χ0) is 10.3. The van der Waals surface area contributed by atoms with Gasteiger partial charge in [0, 0.05) is 0 Å². The minimum atomic E-state index is -0.734. The van der Waals surface area contributed by atoms with Gasteiger partial charge >= 0.3 is 0 Å². The molecule has 78 valence electrons. The van der Waals surface area contributed by atoms with Gasteiger partial charge in [0.05, 0.1) is 0 Å². The molecule has 0 radical (unpaired) electrons. The van der Waals surface area contributed by atoms with Crippen LogP contribution in [0.25, 0.3) is 0 Å². The number of carbonyl (C=O) groups excluding carboxylic acids is 1. The highest BCUT2D eigenvalue weighted by Gasteiger charge is 2.15. The molecule has 0 amide bonds. The van der Waals surface area contributed by atoms with Crippen LogP contribution in [0, 0.1) is 5.92 Å². The molecule has 0 aliphatic heterocycles. The molecule has 0 aromatic carbocycles. The molecule has 0 aliphatic rings. The van der Waals surface area contributed by atoms with Gasteiger partial charge in [0.1, 0.15) is 6.10 Å². The zero-order valence-corrected chi connectivity index (χ0v) is 9.05. The van der Waals surface area contributed by atoms with Crippen molar-refractivity contribution in [3.8, 4) is 0 Å². The molecule has 2 unspecified atom stereocenters. The maximum atomic E-state index is 10.8. The first kappa shape index (κ1) is 12.6. The highest BCUT2D eigenvalue weighted by molar-refractivity contribution is 5.80. The first-order valence-electron chi connectivity index (χ1n) is 5.30. The standard InChI is InChI=1S/C11H22O2/c1-4-6-7-10(5-2)8-11(13)9(3)12/h10-11,13H,4-8H2,1-3H3. The third-order valence-corrected chi connectivity index (χ3v) is 2.57. The molecule has 0 saturated heterocycles. The molecule has 0 aliphatic carbocycles. The fourth-order valence-corrected chi connectivity index (χ4v) is 1.46. The molecule has 0 rings (SSSR count). The lowest BCUT2D eigenvalue weighted by Gasteiger charge is -2.16. The minimum Gasteiger partial charge on any atom is -0.385 e. The fraction of sp³-hybridized carbons (Fsp3) is 0.909. The van der Waals surface area contributed by atoms with Crippen LogP contribution in [-0.4, -0.2) is 17.0 Å². The van der Waals surface area contributed by atoms with E-state index in [0.29, 0.717) is 12.3 Å². The number of aliphatic hydroxyl groups excluding tert-OH is 1. The molecule has 0 fully saturated rings. The Morgan fingerprint density at radius 2 is 2.00 bits per heavy atom. The molecule has 2 atom stereocenters. The predicted octanol–water partition coefficient (Wildman–Crippen LogP) is 2.54. The van der Waals surface area contributed by atoms with Gasteiger partial charge in [-0.05, 0) is 19.3 Å². The van der Waals surface area contributed by atoms with Crippen LogP contribution in [-0.2, 0) is 4.79 Å². The zero-order valence-electron chi connectivity index (χ0n) is 9.05. The lowest BCUT2D eigenvalue weighted by molar-refractivity contribution is -0.125. The van der Waals surface area contributed by atoms with Crippen LogP contribution in [0.15, 0.2) is 0 Å². The first-order valence-corrected chi connectivity index (χ1v) is 5.30. The largest absolute Gasteiger partial charge is 0.385 e. The van der Waals surface area contributed by atoms with Crippen molar-refractivity contribution in [2.75, 3.05) is 0 Å². The number of ketones is 1. The minimum absolute atomic E-state index is 0.102. The van der Waals surface area contributed by atoms with Gasteiger partial charge in [-0.1, -0.05) is 39.5 Å². The van der Waals surface area contributed by atoms with E-state index in [0.717, 1.165) is 12.8 Å². The van der Waals surface area contributed by atoms with E-state index in [-0.39, 0.29) is 5.78 Å². The Hall–Kier alpha value is -0.370. The number of Topliss-reactive ketones (excluding diaryl/α,β-unsaturated/α-hetero) is 1. The van der Waals surface area contributed by atoms with Crippen molar-refractivity contribution < 1.29 is 9.90 Å². The Labute approximate surface area is 81.3 Å². The lowest BCUT2D eigenvalue weighted by atomic mass is 9.92. The summed E-state index contributed by atoms with van der Waals surface area (Å²) in [7, 11) is 0. The summed E-state index contributed by atoms with van der Waals surface area (Å²) in [6.45, 7) is 5.73. The maximum Gasteiger partial charge on any atom is 0.158 e. The molecule has 1 N–H and O–H groups in total. The summed E-state index contributed by atoms with van der Waals surface area (Å²) in [5.74, 6) is 0.411.